The Morgan fingerprint density at radius 2 is 1.77 bits per heavy atom. The SMILES string of the molecule is Cc1c(C)c2c(c(C)c1O)CCC(C)(C=CCC(C)CCCC(C)C)O2. The summed E-state index contributed by atoms with van der Waals surface area (Å²) in [6.07, 6.45) is 11.6. The molecule has 2 unspecified atom stereocenters. The number of fused-ring (bicyclic) bond motifs is 1. The standard InChI is InChI=1S/C24H38O2/c1-16(2)10-8-11-17(3)12-9-14-24(7)15-13-21-20(6)22(25)18(4)19(5)23(21)26-24/h9,14,16-17,25H,8,10-13,15H2,1-7H3. The second-order valence-electron chi connectivity index (χ2n) is 9.01. The maximum absolute atomic E-state index is 10.3. The summed E-state index contributed by atoms with van der Waals surface area (Å²) in [6, 6.07) is 0. The van der Waals surface area contributed by atoms with Crippen molar-refractivity contribution in [2.75, 3.05) is 0 Å². The second kappa shape index (κ2) is 8.50. The number of phenolic OH excluding ortho intramolecular Hbond substituents is 1. The molecule has 2 rings (SSSR count). The van der Waals surface area contributed by atoms with Crippen LogP contribution in [0.2, 0.25) is 0 Å². The van der Waals surface area contributed by atoms with Crippen LogP contribution in [0.1, 0.15) is 82.1 Å². The molecule has 0 saturated carbocycles. The molecule has 0 saturated heterocycles. The molecule has 2 atom stereocenters. The van der Waals surface area contributed by atoms with E-state index in [0.29, 0.717) is 5.75 Å². The Labute approximate surface area is 160 Å². The van der Waals surface area contributed by atoms with Gasteiger partial charge in [0.15, 0.2) is 0 Å². The second-order valence-corrected chi connectivity index (χ2v) is 9.01. The minimum absolute atomic E-state index is 0.245. The maximum atomic E-state index is 10.3. The zero-order valence-corrected chi connectivity index (χ0v) is 17.9. The Kier molecular flexibility index (Phi) is 6.82. The van der Waals surface area contributed by atoms with E-state index < -0.39 is 0 Å². The van der Waals surface area contributed by atoms with Crippen molar-refractivity contribution in [1.29, 1.82) is 0 Å². The van der Waals surface area contributed by atoms with E-state index >= 15 is 0 Å². The molecule has 0 amide bonds. The van der Waals surface area contributed by atoms with Gasteiger partial charge in [-0.3, -0.25) is 0 Å². The fraction of sp³-hybridized carbons (Fsp3) is 0.667. The van der Waals surface area contributed by atoms with Crippen molar-refractivity contribution in [1.82, 2.24) is 0 Å². The smallest absolute Gasteiger partial charge is 0.127 e. The number of rotatable bonds is 7. The molecule has 0 radical (unpaired) electrons. The van der Waals surface area contributed by atoms with E-state index in [1.165, 1.54) is 24.8 Å². The number of hydrogen-bond acceptors (Lipinski definition) is 2. The van der Waals surface area contributed by atoms with Gasteiger partial charge < -0.3 is 9.84 Å². The topological polar surface area (TPSA) is 29.5 Å². The summed E-state index contributed by atoms with van der Waals surface area (Å²) in [5, 5.41) is 10.3. The Bertz CT molecular complexity index is 657. The highest BCUT2D eigenvalue weighted by molar-refractivity contribution is 5.58. The third-order valence-corrected chi connectivity index (χ3v) is 6.03. The van der Waals surface area contributed by atoms with Crippen molar-refractivity contribution < 1.29 is 9.84 Å². The van der Waals surface area contributed by atoms with Crippen molar-refractivity contribution in [3.8, 4) is 11.5 Å². The molecular weight excluding hydrogens is 320 g/mol. The highest BCUT2D eigenvalue weighted by Gasteiger charge is 2.32. The van der Waals surface area contributed by atoms with Crippen LogP contribution in [0.5, 0.6) is 11.5 Å². The number of ether oxygens (including phenoxy) is 1. The lowest BCUT2D eigenvalue weighted by atomic mass is 9.86. The van der Waals surface area contributed by atoms with Gasteiger partial charge in [-0.1, -0.05) is 46.1 Å². The van der Waals surface area contributed by atoms with Crippen LogP contribution in [-0.2, 0) is 6.42 Å². The predicted molar refractivity (Wildman–Crippen MR) is 111 cm³/mol. The van der Waals surface area contributed by atoms with Crippen LogP contribution in [0, 0.1) is 32.6 Å². The first kappa shape index (κ1) is 20.9. The lowest BCUT2D eigenvalue weighted by molar-refractivity contribution is 0.112. The molecule has 1 aromatic rings. The molecule has 1 heterocycles. The summed E-state index contributed by atoms with van der Waals surface area (Å²) < 4.78 is 6.46. The van der Waals surface area contributed by atoms with Gasteiger partial charge in [-0.25, -0.2) is 0 Å². The molecule has 1 aliphatic rings. The van der Waals surface area contributed by atoms with Crippen LogP contribution in [0.4, 0.5) is 0 Å². The fourth-order valence-electron chi connectivity index (χ4n) is 3.92. The Morgan fingerprint density at radius 3 is 2.42 bits per heavy atom. The van der Waals surface area contributed by atoms with Gasteiger partial charge in [0.05, 0.1) is 0 Å². The first-order valence-corrected chi connectivity index (χ1v) is 10.3. The largest absolute Gasteiger partial charge is 0.507 e. The molecule has 2 nitrogen and oxygen atoms in total. The summed E-state index contributed by atoms with van der Waals surface area (Å²) in [6.45, 7) is 15.2. The number of allylic oxidation sites excluding steroid dienone is 1. The van der Waals surface area contributed by atoms with Crippen molar-refractivity contribution in [2.24, 2.45) is 11.8 Å². The zero-order valence-electron chi connectivity index (χ0n) is 17.9. The molecular formula is C24H38O2. The molecule has 0 fully saturated rings. The molecule has 0 bridgehead atoms. The van der Waals surface area contributed by atoms with Crippen LogP contribution in [0.3, 0.4) is 0 Å². The number of phenols is 1. The van der Waals surface area contributed by atoms with Gasteiger partial charge in [0.1, 0.15) is 17.1 Å². The van der Waals surface area contributed by atoms with Gasteiger partial charge in [0.25, 0.3) is 0 Å². The third-order valence-electron chi connectivity index (χ3n) is 6.03. The lowest BCUT2D eigenvalue weighted by Gasteiger charge is -2.36. The first-order valence-electron chi connectivity index (χ1n) is 10.3. The van der Waals surface area contributed by atoms with Crippen LogP contribution in [-0.4, -0.2) is 10.7 Å². The van der Waals surface area contributed by atoms with Gasteiger partial charge in [-0.05, 0) is 81.6 Å². The molecule has 26 heavy (non-hydrogen) atoms. The Morgan fingerprint density at radius 1 is 1.08 bits per heavy atom. The van der Waals surface area contributed by atoms with E-state index in [0.717, 1.165) is 53.5 Å². The van der Waals surface area contributed by atoms with E-state index in [1.54, 1.807) is 0 Å². The highest BCUT2D eigenvalue weighted by Crippen LogP contribution is 2.43. The highest BCUT2D eigenvalue weighted by atomic mass is 16.5. The molecule has 0 aliphatic carbocycles. The van der Waals surface area contributed by atoms with Gasteiger partial charge in [-0.15, -0.1) is 0 Å². The molecule has 1 N–H and O–H groups in total. The zero-order chi connectivity index (χ0) is 19.5. The van der Waals surface area contributed by atoms with Crippen molar-refractivity contribution in [3.63, 3.8) is 0 Å². The Hall–Kier alpha value is -1.44. The number of aromatic hydroxyl groups is 1. The summed E-state index contributed by atoms with van der Waals surface area (Å²) >= 11 is 0. The van der Waals surface area contributed by atoms with Gasteiger partial charge in [0.2, 0.25) is 0 Å². The van der Waals surface area contributed by atoms with Gasteiger partial charge >= 0.3 is 0 Å². The van der Waals surface area contributed by atoms with Gasteiger partial charge in [-0.2, -0.15) is 0 Å². The monoisotopic (exact) mass is 358 g/mol. The molecule has 1 aromatic carbocycles. The van der Waals surface area contributed by atoms with Gasteiger partial charge in [0, 0.05) is 5.56 Å². The molecule has 1 aliphatic heterocycles. The lowest BCUT2D eigenvalue weighted by Crippen LogP contribution is -2.35. The summed E-state index contributed by atoms with van der Waals surface area (Å²) in [5.74, 6) is 2.95. The molecule has 0 spiro atoms. The summed E-state index contributed by atoms with van der Waals surface area (Å²) in [4.78, 5) is 0. The first-order chi connectivity index (χ1) is 12.1. The number of hydrogen-bond donors (Lipinski definition) is 1. The van der Waals surface area contributed by atoms with Crippen LogP contribution in [0.25, 0.3) is 0 Å². The fourth-order valence-corrected chi connectivity index (χ4v) is 3.92. The average Bonchev–Trinajstić information content (AvgIpc) is 2.57. The minimum atomic E-state index is -0.245. The van der Waals surface area contributed by atoms with Crippen LogP contribution < -0.4 is 4.74 Å². The normalized spacial score (nSPS) is 21.1. The third kappa shape index (κ3) is 4.84. The van der Waals surface area contributed by atoms with Crippen molar-refractivity contribution in [3.05, 3.63) is 34.4 Å². The summed E-state index contributed by atoms with van der Waals surface area (Å²) in [5.41, 5.74) is 3.93. The summed E-state index contributed by atoms with van der Waals surface area (Å²) in [7, 11) is 0. The molecule has 146 valence electrons. The quantitative estimate of drug-likeness (QED) is 0.542. The van der Waals surface area contributed by atoms with E-state index in [9.17, 15) is 5.11 Å². The van der Waals surface area contributed by atoms with E-state index in [2.05, 4.69) is 46.8 Å². The minimum Gasteiger partial charge on any atom is -0.507 e. The van der Waals surface area contributed by atoms with Crippen molar-refractivity contribution in [2.45, 2.75) is 92.6 Å². The maximum Gasteiger partial charge on any atom is 0.127 e. The van der Waals surface area contributed by atoms with Crippen molar-refractivity contribution >= 4 is 0 Å². The van der Waals surface area contributed by atoms with Crippen LogP contribution >= 0.6 is 0 Å². The van der Waals surface area contributed by atoms with E-state index in [1.807, 2.05) is 13.8 Å². The number of benzene rings is 1. The molecule has 2 heteroatoms. The average molecular weight is 359 g/mol. The van der Waals surface area contributed by atoms with E-state index in [4.69, 9.17) is 4.74 Å². The predicted octanol–water partition coefficient (Wildman–Crippen LogP) is 6.81. The molecule has 0 aromatic heterocycles. The van der Waals surface area contributed by atoms with E-state index in [-0.39, 0.29) is 5.60 Å². The van der Waals surface area contributed by atoms with Crippen LogP contribution in [0.15, 0.2) is 12.2 Å². The Balaban J connectivity index is 2.02.